The first kappa shape index (κ1) is 18.7. The van der Waals surface area contributed by atoms with Crippen molar-refractivity contribution < 1.29 is 9.18 Å². The van der Waals surface area contributed by atoms with Gasteiger partial charge in [0.2, 0.25) is 5.95 Å². The zero-order chi connectivity index (χ0) is 21.2. The predicted molar refractivity (Wildman–Crippen MR) is 112 cm³/mol. The molecule has 0 bridgehead atoms. The standard InChI is InChI=1S/C22H23FN6O/c1-13(2)29-19-17(27(4)20(30)22(29)11-14(22)3)12-25-21(26-19)28-10-9-24-18(28)15-5-7-16(23)8-6-15/h5-10,12-14H,11H2,1-4H3/t14-,22-/m0/s1. The number of aromatic nitrogens is 4. The number of anilines is 2. The Labute approximate surface area is 174 Å². The molecule has 1 saturated carbocycles. The summed E-state index contributed by atoms with van der Waals surface area (Å²) >= 11 is 0. The van der Waals surface area contributed by atoms with Crippen molar-refractivity contribution in [3.8, 4) is 17.3 Å². The molecule has 2 atom stereocenters. The number of imidazole rings is 1. The first-order chi connectivity index (χ1) is 14.3. The summed E-state index contributed by atoms with van der Waals surface area (Å²) in [5.41, 5.74) is 0.935. The molecule has 3 heterocycles. The van der Waals surface area contributed by atoms with Crippen LogP contribution in [0, 0.1) is 11.7 Å². The second kappa shape index (κ2) is 6.35. The van der Waals surface area contributed by atoms with Crippen LogP contribution in [0.2, 0.25) is 0 Å². The van der Waals surface area contributed by atoms with E-state index in [1.165, 1.54) is 12.1 Å². The van der Waals surface area contributed by atoms with Crippen LogP contribution in [0.15, 0.2) is 42.9 Å². The Morgan fingerprint density at radius 3 is 2.53 bits per heavy atom. The maximum atomic E-state index is 13.3. The fraction of sp³-hybridized carbons (Fsp3) is 0.364. The molecule has 1 aromatic carbocycles. The minimum absolute atomic E-state index is 0.0992. The molecule has 2 aliphatic rings. The normalized spacial score (nSPS) is 22.7. The molecular weight excluding hydrogens is 383 g/mol. The molecule has 1 aliphatic carbocycles. The van der Waals surface area contributed by atoms with E-state index < -0.39 is 5.54 Å². The van der Waals surface area contributed by atoms with Gasteiger partial charge < -0.3 is 9.80 Å². The van der Waals surface area contributed by atoms with Crippen molar-refractivity contribution >= 4 is 17.4 Å². The number of hydrogen-bond donors (Lipinski definition) is 0. The predicted octanol–water partition coefficient (Wildman–Crippen LogP) is 3.44. The van der Waals surface area contributed by atoms with Crippen LogP contribution in [0.4, 0.5) is 15.9 Å². The zero-order valence-electron chi connectivity index (χ0n) is 17.4. The van der Waals surface area contributed by atoms with E-state index >= 15 is 0 Å². The van der Waals surface area contributed by atoms with Crippen LogP contribution < -0.4 is 9.80 Å². The van der Waals surface area contributed by atoms with E-state index in [1.807, 2.05) is 0 Å². The van der Waals surface area contributed by atoms with Gasteiger partial charge in [0.25, 0.3) is 5.91 Å². The van der Waals surface area contributed by atoms with E-state index in [1.54, 1.807) is 47.2 Å². The van der Waals surface area contributed by atoms with Gasteiger partial charge in [0, 0.05) is 31.0 Å². The van der Waals surface area contributed by atoms with Crippen molar-refractivity contribution in [3.63, 3.8) is 0 Å². The maximum Gasteiger partial charge on any atom is 0.253 e. The number of hydrogen-bond acceptors (Lipinski definition) is 5. The van der Waals surface area contributed by atoms with Crippen molar-refractivity contribution in [2.24, 2.45) is 5.92 Å². The summed E-state index contributed by atoms with van der Waals surface area (Å²) in [5.74, 6) is 1.90. The third kappa shape index (κ3) is 2.49. The van der Waals surface area contributed by atoms with E-state index in [2.05, 4.69) is 35.6 Å². The summed E-state index contributed by atoms with van der Waals surface area (Å²) in [5, 5.41) is 0. The highest BCUT2D eigenvalue weighted by molar-refractivity contribution is 6.09. The average molecular weight is 406 g/mol. The fourth-order valence-electron chi connectivity index (χ4n) is 4.60. The zero-order valence-corrected chi connectivity index (χ0v) is 17.4. The topological polar surface area (TPSA) is 67.2 Å². The average Bonchev–Trinajstić information content (AvgIpc) is 3.14. The highest BCUT2D eigenvalue weighted by Crippen LogP contribution is 2.56. The largest absolute Gasteiger partial charge is 0.337 e. The van der Waals surface area contributed by atoms with Crippen molar-refractivity contribution in [3.05, 3.63) is 48.7 Å². The lowest BCUT2D eigenvalue weighted by Crippen LogP contribution is -2.58. The highest BCUT2D eigenvalue weighted by Gasteiger charge is 2.66. The summed E-state index contributed by atoms with van der Waals surface area (Å²) < 4.78 is 15.1. The molecular formula is C22H23FN6O. The quantitative estimate of drug-likeness (QED) is 0.667. The molecule has 1 fully saturated rings. The Morgan fingerprint density at radius 1 is 1.20 bits per heavy atom. The van der Waals surface area contributed by atoms with Crippen LogP contribution in [0.3, 0.4) is 0 Å². The van der Waals surface area contributed by atoms with Gasteiger partial charge in [0.15, 0.2) is 5.82 Å². The first-order valence-electron chi connectivity index (χ1n) is 10.1. The van der Waals surface area contributed by atoms with Crippen LogP contribution in [0.25, 0.3) is 17.3 Å². The minimum Gasteiger partial charge on any atom is -0.337 e. The number of fused-ring (bicyclic) bond motifs is 1. The molecule has 2 aromatic heterocycles. The van der Waals surface area contributed by atoms with Crippen LogP contribution in [0.5, 0.6) is 0 Å². The van der Waals surface area contributed by atoms with Gasteiger partial charge >= 0.3 is 0 Å². The Bertz CT molecular complexity index is 1140. The molecule has 1 spiro atoms. The Kier molecular flexibility index (Phi) is 3.96. The highest BCUT2D eigenvalue weighted by atomic mass is 19.1. The number of benzene rings is 1. The van der Waals surface area contributed by atoms with Crippen molar-refractivity contribution in [1.82, 2.24) is 19.5 Å². The van der Waals surface area contributed by atoms with E-state index in [9.17, 15) is 9.18 Å². The molecule has 3 aromatic rings. The van der Waals surface area contributed by atoms with Gasteiger partial charge in [-0.3, -0.25) is 9.36 Å². The van der Waals surface area contributed by atoms with E-state index in [-0.39, 0.29) is 23.7 Å². The lowest BCUT2D eigenvalue weighted by molar-refractivity contribution is -0.121. The Balaban J connectivity index is 1.65. The summed E-state index contributed by atoms with van der Waals surface area (Å²) in [6.07, 6.45) is 5.97. The molecule has 0 unspecified atom stereocenters. The molecule has 8 heteroatoms. The van der Waals surface area contributed by atoms with Crippen molar-refractivity contribution in [1.29, 1.82) is 0 Å². The fourth-order valence-corrected chi connectivity index (χ4v) is 4.60. The molecule has 154 valence electrons. The monoisotopic (exact) mass is 406 g/mol. The van der Waals surface area contributed by atoms with Gasteiger partial charge in [-0.2, -0.15) is 4.98 Å². The maximum absolute atomic E-state index is 13.3. The number of nitrogens with zero attached hydrogens (tertiary/aromatic N) is 6. The first-order valence-corrected chi connectivity index (χ1v) is 10.1. The molecule has 0 radical (unpaired) electrons. The number of amides is 1. The summed E-state index contributed by atoms with van der Waals surface area (Å²) in [7, 11) is 1.79. The second-order valence-corrected chi connectivity index (χ2v) is 8.36. The molecule has 30 heavy (non-hydrogen) atoms. The third-order valence-corrected chi connectivity index (χ3v) is 6.18. The van der Waals surface area contributed by atoms with E-state index in [4.69, 9.17) is 4.98 Å². The summed E-state index contributed by atoms with van der Waals surface area (Å²) in [6, 6.07) is 6.28. The number of likely N-dealkylation sites (N-methyl/N-ethyl adjacent to an activating group) is 1. The lowest BCUT2D eigenvalue weighted by Gasteiger charge is -2.44. The SMILES string of the molecule is CC(C)N1c2nc(-n3ccnc3-c3ccc(F)cc3)ncc2N(C)C(=O)[C@@]12C[C@@H]2C. The van der Waals surface area contributed by atoms with Crippen molar-refractivity contribution in [2.75, 3.05) is 16.8 Å². The summed E-state index contributed by atoms with van der Waals surface area (Å²) in [6.45, 7) is 6.27. The molecule has 0 N–H and O–H groups in total. The number of carbonyl (C=O) groups is 1. The smallest absolute Gasteiger partial charge is 0.253 e. The molecule has 1 aliphatic heterocycles. The number of rotatable bonds is 3. The van der Waals surface area contributed by atoms with Crippen LogP contribution in [-0.2, 0) is 4.79 Å². The Morgan fingerprint density at radius 2 is 1.90 bits per heavy atom. The third-order valence-electron chi connectivity index (χ3n) is 6.18. The van der Waals surface area contributed by atoms with Gasteiger partial charge in [-0.25, -0.2) is 14.4 Å². The molecule has 1 amide bonds. The minimum atomic E-state index is -0.531. The van der Waals surface area contributed by atoms with Crippen LogP contribution >= 0.6 is 0 Å². The van der Waals surface area contributed by atoms with E-state index in [0.717, 1.165) is 17.8 Å². The van der Waals surface area contributed by atoms with E-state index in [0.29, 0.717) is 17.5 Å². The lowest BCUT2D eigenvalue weighted by atomic mass is 10.0. The Hall–Kier alpha value is -3.29. The van der Waals surface area contributed by atoms with Gasteiger partial charge in [-0.15, -0.1) is 0 Å². The van der Waals surface area contributed by atoms with Crippen LogP contribution in [0.1, 0.15) is 27.2 Å². The van der Waals surface area contributed by atoms with Gasteiger partial charge in [0.05, 0.1) is 6.20 Å². The molecule has 5 rings (SSSR count). The van der Waals surface area contributed by atoms with Gasteiger partial charge in [-0.1, -0.05) is 6.92 Å². The van der Waals surface area contributed by atoms with Gasteiger partial charge in [-0.05, 0) is 50.5 Å². The second-order valence-electron chi connectivity index (χ2n) is 8.36. The molecule has 0 saturated heterocycles. The molecule has 7 nitrogen and oxygen atoms in total. The van der Waals surface area contributed by atoms with Crippen LogP contribution in [-0.4, -0.2) is 44.1 Å². The number of halogens is 1. The summed E-state index contributed by atoms with van der Waals surface area (Å²) in [4.78, 5) is 30.8. The van der Waals surface area contributed by atoms with Crippen molar-refractivity contribution in [2.45, 2.75) is 38.8 Å². The van der Waals surface area contributed by atoms with Gasteiger partial charge in [0.1, 0.15) is 22.9 Å². The number of carbonyl (C=O) groups excluding carboxylic acids is 1.